The maximum Gasteiger partial charge on any atom is 0.270 e. The summed E-state index contributed by atoms with van der Waals surface area (Å²) < 4.78 is 7.33. The number of carbonyl (C=O) groups excluding carboxylic acids is 1. The Hall–Kier alpha value is -1.33. The van der Waals surface area contributed by atoms with Crippen LogP contribution in [0.1, 0.15) is 23.3 Å². The molecular weight excluding hydrogens is 232 g/mol. The minimum absolute atomic E-state index is 0.0580. The van der Waals surface area contributed by atoms with E-state index in [1.165, 1.54) is 0 Å². The Morgan fingerprint density at radius 1 is 1.50 bits per heavy atom. The first kappa shape index (κ1) is 13.1. The minimum atomic E-state index is 0.0580. The second-order valence-corrected chi connectivity index (χ2v) is 4.59. The van der Waals surface area contributed by atoms with Crippen molar-refractivity contribution in [3.63, 3.8) is 0 Å². The summed E-state index contributed by atoms with van der Waals surface area (Å²) in [5, 5.41) is 8.70. The maximum atomic E-state index is 12.2. The minimum Gasteiger partial charge on any atom is -0.394 e. The van der Waals surface area contributed by atoms with Gasteiger partial charge in [0.25, 0.3) is 5.91 Å². The van der Waals surface area contributed by atoms with Gasteiger partial charge in [0.15, 0.2) is 0 Å². The van der Waals surface area contributed by atoms with Gasteiger partial charge in [-0.2, -0.15) is 0 Å². The number of aryl methyl sites for hydroxylation is 1. The molecule has 5 nitrogen and oxygen atoms in total. The van der Waals surface area contributed by atoms with Gasteiger partial charge in [-0.25, -0.2) is 0 Å². The van der Waals surface area contributed by atoms with Gasteiger partial charge >= 0.3 is 0 Å². The topological polar surface area (TPSA) is 54.7 Å². The van der Waals surface area contributed by atoms with Gasteiger partial charge in [-0.15, -0.1) is 0 Å². The quantitative estimate of drug-likeness (QED) is 0.855. The Bertz CT molecular complexity index is 395. The lowest BCUT2D eigenvalue weighted by Crippen LogP contribution is -2.41. The van der Waals surface area contributed by atoms with E-state index >= 15 is 0 Å². The Morgan fingerprint density at radius 3 is 2.78 bits per heavy atom. The molecule has 0 aromatic carbocycles. The van der Waals surface area contributed by atoms with E-state index in [0.29, 0.717) is 6.61 Å². The Kier molecular flexibility index (Phi) is 4.38. The number of hydrogen-bond acceptors (Lipinski definition) is 3. The van der Waals surface area contributed by atoms with Crippen molar-refractivity contribution < 1.29 is 14.6 Å². The standard InChI is InChI=1S/C13H20N2O3/c1-14-6-2-3-12(14)13(17)15-7-4-11(5-8-15)18-10-9-16/h2-3,6,11,16H,4-5,7-10H2,1H3. The lowest BCUT2D eigenvalue weighted by atomic mass is 10.1. The van der Waals surface area contributed by atoms with Crippen LogP contribution in [0.2, 0.25) is 0 Å². The predicted molar refractivity (Wildman–Crippen MR) is 67.4 cm³/mol. The molecule has 1 aliphatic heterocycles. The molecule has 0 saturated carbocycles. The van der Waals surface area contributed by atoms with Crippen LogP contribution in [0, 0.1) is 0 Å². The molecule has 100 valence electrons. The van der Waals surface area contributed by atoms with E-state index in [1.807, 2.05) is 34.8 Å². The van der Waals surface area contributed by atoms with Gasteiger partial charge in [0.1, 0.15) is 5.69 Å². The third-order valence-electron chi connectivity index (χ3n) is 3.34. The summed E-state index contributed by atoms with van der Waals surface area (Å²) in [6.45, 7) is 1.89. The molecule has 0 bridgehead atoms. The van der Waals surface area contributed by atoms with E-state index < -0.39 is 0 Å². The highest BCUT2D eigenvalue weighted by atomic mass is 16.5. The number of piperidine rings is 1. The molecule has 1 amide bonds. The molecule has 2 heterocycles. The highest BCUT2D eigenvalue weighted by Crippen LogP contribution is 2.16. The fraction of sp³-hybridized carbons (Fsp3) is 0.615. The summed E-state index contributed by atoms with van der Waals surface area (Å²) >= 11 is 0. The van der Waals surface area contributed by atoms with Gasteiger partial charge in [0.2, 0.25) is 0 Å². The molecule has 1 aliphatic rings. The highest BCUT2D eigenvalue weighted by molar-refractivity contribution is 5.92. The summed E-state index contributed by atoms with van der Waals surface area (Å²) in [4.78, 5) is 14.1. The lowest BCUT2D eigenvalue weighted by Gasteiger charge is -2.31. The number of rotatable bonds is 4. The molecule has 0 spiro atoms. The van der Waals surface area contributed by atoms with Crippen LogP contribution in [-0.4, -0.2) is 52.9 Å². The van der Waals surface area contributed by atoms with E-state index in [-0.39, 0.29) is 18.6 Å². The van der Waals surface area contributed by atoms with Crippen LogP contribution in [0.25, 0.3) is 0 Å². The molecule has 1 fully saturated rings. The van der Waals surface area contributed by atoms with Crippen molar-refractivity contribution in [2.24, 2.45) is 7.05 Å². The van der Waals surface area contributed by atoms with Gasteiger partial charge in [-0.05, 0) is 25.0 Å². The SMILES string of the molecule is Cn1cccc1C(=O)N1CCC(OCCO)CC1. The number of amides is 1. The van der Waals surface area contributed by atoms with Crippen LogP contribution in [0.3, 0.4) is 0 Å². The van der Waals surface area contributed by atoms with Crippen molar-refractivity contribution in [3.05, 3.63) is 24.0 Å². The van der Waals surface area contributed by atoms with Gasteiger partial charge in [-0.3, -0.25) is 4.79 Å². The van der Waals surface area contributed by atoms with Crippen molar-refractivity contribution in [2.75, 3.05) is 26.3 Å². The van der Waals surface area contributed by atoms with Gasteiger partial charge in [-0.1, -0.05) is 0 Å². The number of aromatic nitrogens is 1. The van der Waals surface area contributed by atoms with Crippen LogP contribution >= 0.6 is 0 Å². The highest BCUT2D eigenvalue weighted by Gasteiger charge is 2.24. The van der Waals surface area contributed by atoms with Crippen LogP contribution in [0.5, 0.6) is 0 Å². The monoisotopic (exact) mass is 252 g/mol. The summed E-state index contributed by atoms with van der Waals surface area (Å²) in [6, 6.07) is 3.72. The van der Waals surface area contributed by atoms with Crippen LogP contribution in [0.15, 0.2) is 18.3 Å². The Morgan fingerprint density at radius 2 is 2.22 bits per heavy atom. The molecule has 18 heavy (non-hydrogen) atoms. The fourth-order valence-corrected chi connectivity index (χ4v) is 2.29. The maximum absolute atomic E-state index is 12.2. The van der Waals surface area contributed by atoms with Crippen LogP contribution < -0.4 is 0 Å². The molecule has 0 radical (unpaired) electrons. The zero-order chi connectivity index (χ0) is 13.0. The number of carbonyl (C=O) groups is 1. The molecule has 0 aliphatic carbocycles. The zero-order valence-electron chi connectivity index (χ0n) is 10.7. The normalized spacial score (nSPS) is 17.1. The number of likely N-dealkylation sites (tertiary alicyclic amines) is 1. The lowest BCUT2D eigenvalue weighted by molar-refractivity contribution is -0.00570. The van der Waals surface area contributed by atoms with E-state index in [2.05, 4.69) is 0 Å². The molecule has 1 saturated heterocycles. The smallest absolute Gasteiger partial charge is 0.270 e. The first-order valence-electron chi connectivity index (χ1n) is 6.35. The van der Waals surface area contributed by atoms with Crippen molar-refractivity contribution in [1.29, 1.82) is 0 Å². The van der Waals surface area contributed by atoms with Gasteiger partial charge in [0.05, 0.1) is 19.3 Å². The van der Waals surface area contributed by atoms with E-state index in [1.54, 1.807) is 0 Å². The van der Waals surface area contributed by atoms with Crippen molar-refractivity contribution >= 4 is 5.91 Å². The average Bonchev–Trinajstić information content (AvgIpc) is 2.82. The van der Waals surface area contributed by atoms with Crippen molar-refractivity contribution in [2.45, 2.75) is 18.9 Å². The fourth-order valence-electron chi connectivity index (χ4n) is 2.29. The number of hydrogen-bond donors (Lipinski definition) is 1. The molecule has 0 atom stereocenters. The summed E-state index contributed by atoms with van der Waals surface area (Å²) in [5.41, 5.74) is 0.727. The Balaban J connectivity index is 1.86. The first-order chi connectivity index (χ1) is 8.72. The molecular formula is C13H20N2O3. The third-order valence-corrected chi connectivity index (χ3v) is 3.34. The molecule has 5 heteroatoms. The Labute approximate surface area is 107 Å². The molecule has 1 aromatic rings. The number of nitrogens with zero attached hydrogens (tertiary/aromatic N) is 2. The predicted octanol–water partition coefficient (Wildman–Crippen LogP) is 0.639. The first-order valence-corrected chi connectivity index (χ1v) is 6.35. The second-order valence-electron chi connectivity index (χ2n) is 4.59. The zero-order valence-corrected chi connectivity index (χ0v) is 10.7. The largest absolute Gasteiger partial charge is 0.394 e. The van der Waals surface area contributed by atoms with E-state index in [0.717, 1.165) is 31.6 Å². The summed E-state index contributed by atoms with van der Waals surface area (Å²) in [7, 11) is 1.88. The summed E-state index contributed by atoms with van der Waals surface area (Å²) in [6.07, 6.45) is 3.74. The van der Waals surface area contributed by atoms with Crippen molar-refractivity contribution in [1.82, 2.24) is 9.47 Å². The average molecular weight is 252 g/mol. The molecule has 0 unspecified atom stereocenters. The van der Waals surface area contributed by atoms with Gasteiger partial charge < -0.3 is 19.3 Å². The van der Waals surface area contributed by atoms with E-state index in [4.69, 9.17) is 9.84 Å². The number of aliphatic hydroxyl groups excluding tert-OH is 1. The van der Waals surface area contributed by atoms with Crippen molar-refractivity contribution in [3.8, 4) is 0 Å². The number of ether oxygens (including phenoxy) is 1. The van der Waals surface area contributed by atoms with Crippen LogP contribution in [-0.2, 0) is 11.8 Å². The second kappa shape index (κ2) is 6.02. The summed E-state index contributed by atoms with van der Waals surface area (Å²) in [5.74, 6) is 0.0862. The van der Waals surface area contributed by atoms with E-state index in [9.17, 15) is 4.79 Å². The van der Waals surface area contributed by atoms with Gasteiger partial charge in [0, 0.05) is 26.3 Å². The molecule has 1 N–H and O–H groups in total. The third kappa shape index (κ3) is 2.91. The number of aliphatic hydroxyl groups is 1. The van der Waals surface area contributed by atoms with Crippen LogP contribution in [0.4, 0.5) is 0 Å². The molecule has 2 rings (SSSR count). The molecule has 1 aromatic heterocycles.